The Labute approximate surface area is 225 Å². The molecule has 190 valence electrons. The van der Waals surface area contributed by atoms with Gasteiger partial charge in [0.05, 0.1) is 28.8 Å². The second kappa shape index (κ2) is 12.8. The zero-order chi connectivity index (χ0) is 26.2. The van der Waals surface area contributed by atoms with Crippen LogP contribution in [0.2, 0.25) is 5.02 Å². The van der Waals surface area contributed by atoms with Gasteiger partial charge < -0.3 is 19.5 Å². The average molecular weight is 598 g/mol. The molecule has 1 aliphatic rings. The lowest BCUT2D eigenvalue weighted by atomic mass is 10.1. The van der Waals surface area contributed by atoms with Gasteiger partial charge in [0.25, 0.3) is 11.1 Å². The van der Waals surface area contributed by atoms with Crippen LogP contribution in [-0.2, 0) is 19.1 Å². The number of nitrogens with zero attached hydrogens (tertiary/aromatic N) is 1. The summed E-state index contributed by atoms with van der Waals surface area (Å²) in [6.07, 6.45) is 1.51. The highest BCUT2D eigenvalue weighted by Crippen LogP contribution is 2.38. The Morgan fingerprint density at radius 2 is 1.83 bits per heavy atom. The number of benzene rings is 2. The van der Waals surface area contributed by atoms with Gasteiger partial charge in [-0.15, -0.1) is 0 Å². The van der Waals surface area contributed by atoms with E-state index in [2.05, 4.69) is 21.2 Å². The maximum Gasteiger partial charge on any atom is 0.344 e. The second-order valence-corrected chi connectivity index (χ2v) is 9.40. The number of esters is 1. The topological polar surface area (TPSA) is 111 Å². The van der Waals surface area contributed by atoms with Gasteiger partial charge in [0.1, 0.15) is 6.54 Å². The predicted octanol–water partition coefficient (Wildman–Crippen LogP) is 5.12. The summed E-state index contributed by atoms with van der Waals surface area (Å²) in [5, 5.41) is 2.36. The number of anilines is 1. The zero-order valence-corrected chi connectivity index (χ0v) is 22.5. The molecule has 0 aromatic heterocycles. The van der Waals surface area contributed by atoms with E-state index in [1.54, 1.807) is 50.2 Å². The standard InChI is InChI=1S/C24H22BrClN2O7S/c1-3-33-18-9-14(15(25)11-19(18)35-13-22(30)34-4-2)10-20-23(31)28(24(32)36-20)12-21(29)27-17-8-6-5-7-16(17)26/h5-11H,3-4,12-13H2,1-2H3,(H,27,29)/b20-10+. The molecule has 9 nitrogen and oxygen atoms in total. The summed E-state index contributed by atoms with van der Waals surface area (Å²) >= 11 is 10.2. The molecule has 0 radical (unpaired) electrons. The maximum atomic E-state index is 12.9. The molecule has 0 aliphatic carbocycles. The monoisotopic (exact) mass is 596 g/mol. The number of nitrogens with one attached hydrogen (secondary N) is 1. The Hall–Kier alpha value is -3.02. The maximum absolute atomic E-state index is 12.9. The zero-order valence-electron chi connectivity index (χ0n) is 19.3. The van der Waals surface area contributed by atoms with Crippen LogP contribution in [0.5, 0.6) is 11.5 Å². The van der Waals surface area contributed by atoms with Crippen LogP contribution < -0.4 is 14.8 Å². The highest BCUT2D eigenvalue weighted by Gasteiger charge is 2.36. The summed E-state index contributed by atoms with van der Waals surface area (Å²) in [6.45, 7) is 3.29. The molecule has 1 fully saturated rings. The van der Waals surface area contributed by atoms with Crippen LogP contribution in [0.15, 0.2) is 45.8 Å². The van der Waals surface area contributed by atoms with Gasteiger partial charge in [-0.05, 0) is 61.5 Å². The van der Waals surface area contributed by atoms with Gasteiger partial charge >= 0.3 is 5.97 Å². The minimum Gasteiger partial charge on any atom is -0.490 e. The number of hydrogen-bond donors (Lipinski definition) is 1. The summed E-state index contributed by atoms with van der Waals surface area (Å²) < 4.78 is 16.5. The van der Waals surface area contributed by atoms with Crippen LogP contribution in [0.1, 0.15) is 19.4 Å². The molecule has 1 N–H and O–H groups in total. The highest BCUT2D eigenvalue weighted by molar-refractivity contribution is 9.10. The molecule has 0 saturated carbocycles. The van der Waals surface area contributed by atoms with E-state index in [-0.39, 0.29) is 18.1 Å². The molecule has 3 rings (SSSR count). The number of carbonyl (C=O) groups excluding carboxylic acids is 4. The summed E-state index contributed by atoms with van der Waals surface area (Å²) in [4.78, 5) is 50.4. The predicted molar refractivity (Wildman–Crippen MR) is 140 cm³/mol. The Kier molecular flexibility index (Phi) is 9.80. The van der Waals surface area contributed by atoms with Gasteiger partial charge in [0.2, 0.25) is 5.91 Å². The van der Waals surface area contributed by atoms with Crippen LogP contribution in [0.3, 0.4) is 0 Å². The van der Waals surface area contributed by atoms with Gasteiger partial charge in [-0.25, -0.2) is 4.79 Å². The first-order chi connectivity index (χ1) is 17.2. The van der Waals surface area contributed by atoms with Crippen LogP contribution in [0.4, 0.5) is 10.5 Å². The van der Waals surface area contributed by atoms with Crippen molar-refractivity contribution in [1.82, 2.24) is 4.90 Å². The molecule has 0 unspecified atom stereocenters. The van der Waals surface area contributed by atoms with Crippen molar-refractivity contribution in [3.63, 3.8) is 0 Å². The smallest absolute Gasteiger partial charge is 0.344 e. The van der Waals surface area contributed by atoms with Gasteiger partial charge in [0.15, 0.2) is 18.1 Å². The summed E-state index contributed by atoms with van der Waals surface area (Å²) in [5.41, 5.74) is 0.914. The number of hydrogen-bond acceptors (Lipinski definition) is 8. The number of carbonyl (C=O) groups is 4. The van der Waals surface area contributed by atoms with E-state index in [1.165, 1.54) is 6.08 Å². The number of amides is 3. The van der Waals surface area contributed by atoms with E-state index in [0.717, 1.165) is 16.7 Å². The molecule has 36 heavy (non-hydrogen) atoms. The summed E-state index contributed by atoms with van der Waals surface area (Å²) in [5.74, 6) is -1.04. The number of ether oxygens (including phenoxy) is 3. The van der Waals surface area contributed by atoms with Gasteiger partial charge in [0, 0.05) is 4.47 Å². The summed E-state index contributed by atoms with van der Waals surface area (Å²) in [7, 11) is 0. The van der Waals surface area contributed by atoms with Crippen LogP contribution in [0.25, 0.3) is 6.08 Å². The van der Waals surface area contributed by atoms with E-state index in [4.69, 9.17) is 25.8 Å². The third-order valence-corrected chi connectivity index (χ3v) is 6.55. The first kappa shape index (κ1) is 27.6. The average Bonchev–Trinajstić information content (AvgIpc) is 3.09. The van der Waals surface area contributed by atoms with Crippen molar-refractivity contribution < 1.29 is 33.4 Å². The van der Waals surface area contributed by atoms with Crippen molar-refractivity contribution in [1.29, 1.82) is 0 Å². The number of para-hydroxylation sites is 1. The molecule has 1 heterocycles. The number of halogens is 2. The molecule has 1 saturated heterocycles. The molecule has 1 aliphatic heterocycles. The van der Waals surface area contributed by atoms with E-state index in [9.17, 15) is 19.2 Å². The number of imide groups is 1. The first-order valence-electron chi connectivity index (χ1n) is 10.8. The Balaban J connectivity index is 1.76. The fourth-order valence-electron chi connectivity index (χ4n) is 3.06. The van der Waals surface area contributed by atoms with Crippen LogP contribution in [0, 0.1) is 0 Å². The molecular weight excluding hydrogens is 576 g/mol. The molecule has 2 aromatic carbocycles. The lowest BCUT2D eigenvalue weighted by Crippen LogP contribution is -2.36. The van der Waals surface area contributed by atoms with Gasteiger partial charge in [-0.3, -0.25) is 19.3 Å². The molecule has 3 amide bonds. The first-order valence-corrected chi connectivity index (χ1v) is 12.8. The van der Waals surface area contributed by atoms with E-state index < -0.39 is 29.6 Å². The van der Waals surface area contributed by atoms with Crippen LogP contribution in [-0.4, -0.2) is 54.3 Å². The molecule has 0 spiro atoms. The lowest BCUT2D eigenvalue weighted by Gasteiger charge is -2.14. The van der Waals surface area contributed by atoms with E-state index in [0.29, 0.717) is 38.9 Å². The van der Waals surface area contributed by atoms with Crippen molar-refractivity contribution in [2.24, 2.45) is 0 Å². The van der Waals surface area contributed by atoms with Crippen molar-refractivity contribution in [3.8, 4) is 11.5 Å². The highest BCUT2D eigenvalue weighted by atomic mass is 79.9. The quantitative estimate of drug-likeness (QED) is 0.297. The number of thioether (sulfide) groups is 1. The largest absolute Gasteiger partial charge is 0.490 e. The Bertz CT molecular complexity index is 1220. The Morgan fingerprint density at radius 3 is 2.53 bits per heavy atom. The van der Waals surface area contributed by atoms with Crippen molar-refractivity contribution >= 4 is 74.1 Å². The Morgan fingerprint density at radius 1 is 1.11 bits per heavy atom. The van der Waals surface area contributed by atoms with E-state index >= 15 is 0 Å². The molecule has 0 atom stereocenters. The lowest BCUT2D eigenvalue weighted by molar-refractivity contribution is -0.145. The van der Waals surface area contributed by atoms with Crippen molar-refractivity contribution in [2.45, 2.75) is 13.8 Å². The minimum atomic E-state index is -0.605. The van der Waals surface area contributed by atoms with Crippen molar-refractivity contribution in [2.75, 3.05) is 31.7 Å². The third kappa shape index (κ3) is 7.02. The molecular formula is C24H22BrClN2O7S. The molecule has 2 aromatic rings. The normalized spacial score (nSPS) is 14.2. The fourth-order valence-corrected chi connectivity index (χ4v) is 4.50. The SMILES string of the molecule is CCOC(=O)COc1cc(Br)c(/C=C2/SC(=O)N(CC(=O)Nc3ccccc3Cl)C2=O)cc1OCC. The molecule has 12 heteroatoms. The van der Waals surface area contributed by atoms with Gasteiger partial charge in [-0.1, -0.05) is 39.7 Å². The second-order valence-electron chi connectivity index (χ2n) is 7.14. The summed E-state index contributed by atoms with van der Waals surface area (Å²) in [6, 6.07) is 9.85. The minimum absolute atomic E-state index is 0.133. The van der Waals surface area contributed by atoms with E-state index in [1.807, 2.05) is 0 Å². The van der Waals surface area contributed by atoms with Crippen molar-refractivity contribution in [3.05, 3.63) is 56.4 Å². The third-order valence-electron chi connectivity index (χ3n) is 4.62. The number of rotatable bonds is 10. The molecule has 0 bridgehead atoms. The fraction of sp³-hybridized carbons (Fsp3) is 0.250. The van der Waals surface area contributed by atoms with Crippen LogP contribution >= 0.6 is 39.3 Å². The van der Waals surface area contributed by atoms with Gasteiger partial charge in [-0.2, -0.15) is 0 Å².